The minimum absolute atomic E-state index is 0. The number of nitriles is 1. The SMILES string of the molecule is CN1CCC(Oc2cccc3nc(Nc4c(Cl)ccc5c4OCO5)c(C#N)cc23)CC1.Cl.Cl. The van der Waals surface area contributed by atoms with E-state index in [0.29, 0.717) is 33.6 Å². The van der Waals surface area contributed by atoms with Gasteiger partial charge in [0.25, 0.3) is 0 Å². The van der Waals surface area contributed by atoms with Crippen molar-refractivity contribution in [2.45, 2.75) is 18.9 Å². The Labute approximate surface area is 209 Å². The van der Waals surface area contributed by atoms with E-state index in [9.17, 15) is 5.26 Å². The molecule has 1 aromatic heterocycles. The standard InChI is InChI=1S/C23H21ClN4O3.2ClH/c1-28-9-7-15(8-10-28)31-19-4-2-3-18-16(19)11-14(12-25)23(26-18)27-21-17(24)5-6-20-22(21)30-13-29-20;;/h2-6,11,15H,7-10,13H2,1H3,(H,26,27);2*1H. The molecule has 1 N–H and O–H groups in total. The van der Waals surface area contributed by atoms with Crippen molar-refractivity contribution >= 4 is 58.8 Å². The highest BCUT2D eigenvalue weighted by Gasteiger charge is 2.23. The molecule has 0 radical (unpaired) electrons. The number of likely N-dealkylation sites (tertiary alicyclic amines) is 1. The van der Waals surface area contributed by atoms with E-state index >= 15 is 0 Å². The molecule has 0 amide bonds. The maximum absolute atomic E-state index is 9.79. The Hall–Kier alpha value is -2.63. The van der Waals surface area contributed by atoms with Crippen molar-refractivity contribution in [3.05, 3.63) is 47.0 Å². The number of hydrogen-bond acceptors (Lipinski definition) is 7. The number of ether oxygens (including phenoxy) is 3. The molecule has 10 heteroatoms. The molecule has 2 aromatic carbocycles. The van der Waals surface area contributed by atoms with Crippen molar-refractivity contribution in [3.8, 4) is 23.3 Å². The van der Waals surface area contributed by atoms with Gasteiger partial charge in [-0.3, -0.25) is 0 Å². The zero-order chi connectivity index (χ0) is 21.4. The van der Waals surface area contributed by atoms with Gasteiger partial charge in [-0.05, 0) is 50.2 Å². The predicted octanol–water partition coefficient (Wildman–Crippen LogP) is 5.55. The van der Waals surface area contributed by atoms with Gasteiger partial charge in [0, 0.05) is 18.5 Å². The third kappa shape index (κ3) is 4.99. The van der Waals surface area contributed by atoms with E-state index in [-0.39, 0.29) is 37.7 Å². The van der Waals surface area contributed by atoms with Crippen molar-refractivity contribution in [2.24, 2.45) is 0 Å². The summed E-state index contributed by atoms with van der Waals surface area (Å²) in [7, 11) is 2.12. The molecule has 3 aromatic rings. The minimum Gasteiger partial charge on any atom is -0.490 e. The van der Waals surface area contributed by atoms with Crippen LogP contribution in [0.15, 0.2) is 36.4 Å². The molecule has 0 atom stereocenters. The predicted molar refractivity (Wildman–Crippen MR) is 133 cm³/mol. The second-order valence-electron chi connectivity index (χ2n) is 7.72. The van der Waals surface area contributed by atoms with Crippen LogP contribution in [0.3, 0.4) is 0 Å². The van der Waals surface area contributed by atoms with Gasteiger partial charge < -0.3 is 24.4 Å². The summed E-state index contributed by atoms with van der Waals surface area (Å²) in [5.41, 5.74) is 1.64. The van der Waals surface area contributed by atoms with Crippen LogP contribution in [0.25, 0.3) is 10.9 Å². The van der Waals surface area contributed by atoms with E-state index in [2.05, 4.69) is 23.3 Å². The number of nitrogens with one attached hydrogen (secondary N) is 1. The molecule has 7 nitrogen and oxygen atoms in total. The Kier molecular flexibility index (Phi) is 7.98. The van der Waals surface area contributed by atoms with Crippen LogP contribution in [-0.4, -0.2) is 42.9 Å². The van der Waals surface area contributed by atoms with Crippen LogP contribution >= 0.6 is 36.4 Å². The molecule has 33 heavy (non-hydrogen) atoms. The molecule has 2 aliphatic heterocycles. The third-order valence-corrected chi connectivity index (χ3v) is 5.95. The van der Waals surface area contributed by atoms with Crippen molar-refractivity contribution in [1.29, 1.82) is 5.26 Å². The van der Waals surface area contributed by atoms with Crippen LogP contribution in [0.5, 0.6) is 17.2 Å². The van der Waals surface area contributed by atoms with Gasteiger partial charge in [0.15, 0.2) is 11.5 Å². The molecule has 0 aliphatic carbocycles. The number of piperidine rings is 1. The van der Waals surface area contributed by atoms with E-state index in [0.717, 1.165) is 42.6 Å². The highest BCUT2D eigenvalue weighted by Crippen LogP contribution is 2.45. The number of aromatic nitrogens is 1. The molecule has 3 heterocycles. The summed E-state index contributed by atoms with van der Waals surface area (Å²) in [5.74, 6) is 2.26. The largest absolute Gasteiger partial charge is 0.490 e. The van der Waals surface area contributed by atoms with Crippen LogP contribution in [-0.2, 0) is 0 Å². The van der Waals surface area contributed by atoms with E-state index in [1.165, 1.54) is 0 Å². The van der Waals surface area contributed by atoms with E-state index in [1.807, 2.05) is 24.3 Å². The number of fused-ring (bicyclic) bond motifs is 2. The monoisotopic (exact) mass is 508 g/mol. The van der Waals surface area contributed by atoms with Crippen molar-refractivity contribution in [3.63, 3.8) is 0 Å². The summed E-state index contributed by atoms with van der Waals surface area (Å²) in [6.07, 6.45) is 2.11. The average molecular weight is 510 g/mol. The summed E-state index contributed by atoms with van der Waals surface area (Å²) in [6.45, 7) is 2.15. The lowest BCUT2D eigenvalue weighted by Crippen LogP contribution is -2.35. The second-order valence-corrected chi connectivity index (χ2v) is 8.13. The second kappa shape index (κ2) is 10.5. The van der Waals surface area contributed by atoms with Crippen LogP contribution in [0.1, 0.15) is 18.4 Å². The summed E-state index contributed by atoms with van der Waals surface area (Å²) in [4.78, 5) is 7.00. The Bertz CT molecular complexity index is 1190. The Morgan fingerprint density at radius 3 is 2.73 bits per heavy atom. The first-order chi connectivity index (χ1) is 15.1. The zero-order valence-electron chi connectivity index (χ0n) is 17.8. The number of pyridine rings is 1. The highest BCUT2D eigenvalue weighted by molar-refractivity contribution is 6.33. The molecular weight excluding hydrogens is 487 g/mol. The molecule has 1 fully saturated rings. The Morgan fingerprint density at radius 1 is 1.18 bits per heavy atom. The van der Waals surface area contributed by atoms with E-state index < -0.39 is 0 Å². The molecule has 2 aliphatic rings. The number of anilines is 2. The van der Waals surface area contributed by atoms with Gasteiger partial charge in [-0.1, -0.05) is 17.7 Å². The molecule has 5 rings (SSSR count). The van der Waals surface area contributed by atoms with Crippen LogP contribution in [0.4, 0.5) is 11.5 Å². The van der Waals surface area contributed by atoms with Gasteiger partial charge in [-0.25, -0.2) is 4.98 Å². The maximum atomic E-state index is 9.79. The lowest BCUT2D eigenvalue weighted by atomic mass is 10.1. The normalized spacial score (nSPS) is 15.3. The topological polar surface area (TPSA) is 79.6 Å². The molecule has 0 saturated carbocycles. The van der Waals surface area contributed by atoms with E-state index in [1.54, 1.807) is 12.1 Å². The van der Waals surface area contributed by atoms with Gasteiger partial charge in [0.05, 0.1) is 16.1 Å². The first kappa shape index (κ1) is 25.0. The van der Waals surface area contributed by atoms with Crippen molar-refractivity contribution in [2.75, 3.05) is 32.2 Å². The number of rotatable bonds is 4. The first-order valence-electron chi connectivity index (χ1n) is 10.2. The number of hydrogen-bond donors (Lipinski definition) is 1. The molecule has 0 bridgehead atoms. The molecule has 174 valence electrons. The van der Waals surface area contributed by atoms with Crippen LogP contribution < -0.4 is 19.5 Å². The van der Waals surface area contributed by atoms with E-state index in [4.69, 9.17) is 30.8 Å². The number of halogens is 3. The third-order valence-electron chi connectivity index (χ3n) is 5.63. The van der Waals surface area contributed by atoms with Gasteiger partial charge >= 0.3 is 0 Å². The van der Waals surface area contributed by atoms with Crippen molar-refractivity contribution in [1.82, 2.24) is 9.88 Å². The Balaban J connectivity index is 0.00000153. The number of benzene rings is 2. The summed E-state index contributed by atoms with van der Waals surface area (Å²) >= 11 is 6.38. The Morgan fingerprint density at radius 2 is 1.97 bits per heavy atom. The average Bonchev–Trinajstić information content (AvgIpc) is 3.26. The summed E-state index contributed by atoms with van der Waals surface area (Å²) in [5, 5.41) is 14.2. The number of nitrogens with zero attached hydrogens (tertiary/aromatic N) is 3. The molecule has 1 saturated heterocycles. The van der Waals surface area contributed by atoms with Crippen LogP contribution in [0, 0.1) is 11.3 Å². The molecule has 0 spiro atoms. The quantitative estimate of drug-likeness (QED) is 0.494. The van der Waals surface area contributed by atoms with Gasteiger partial charge in [-0.2, -0.15) is 5.26 Å². The fourth-order valence-corrected chi connectivity index (χ4v) is 4.11. The lowest BCUT2D eigenvalue weighted by Gasteiger charge is -2.29. The smallest absolute Gasteiger partial charge is 0.231 e. The van der Waals surface area contributed by atoms with Crippen LogP contribution in [0.2, 0.25) is 5.02 Å². The molecule has 0 unspecified atom stereocenters. The van der Waals surface area contributed by atoms with Gasteiger partial charge in [0.2, 0.25) is 6.79 Å². The first-order valence-corrected chi connectivity index (χ1v) is 10.5. The maximum Gasteiger partial charge on any atom is 0.231 e. The minimum atomic E-state index is 0. The highest BCUT2D eigenvalue weighted by atomic mass is 35.5. The summed E-state index contributed by atoms with van der Waals surface area (Å²) < 4.78 is 17.3. The van der Waals surface area contributed by atoms with Gasteiger partial charge in [-0.15, -0.1) is 24.8 Å². The van der Waals surface area contributed by atoms with Crippen molar-refractivity contribution < 1.29 is 14.2 Å². The fourth-order valence-electron chi connectivity index (χ4n) is 3.92. The zero-order valence-corrected chi connectivity index (χ0v) is 20.2. The van der Waals surface area contributed by atoms with Gasteiger partial charge in [0.1, 0.15) is 29.4 Å². The molecular formula is C23H23Cl3N4O3. The summed E-state index contributed by atoms with van der Waals surface area (Å²) in [6, 6.07) is 13.3. The fraction of sp³-hybridized carbons (Fsp3) is 0.304. The lowest BCUT2D eigenvalue weighted by molar-refractivity contribution is 0.116.